The van der Waals surface area contributed by atoms with Crippen molar-refractivity contribution in [2.24, 2.45) is 5.92 Å². The van der Waals surface area contributed by atoms with Crippen LogP contribution in [-0.4, -0.2) is 13.2 Å². The van der Waals surface area contributed by atoms with Gasteiger partial charge in [0.25, 0.3) is 0 Å². The molecular weight excluding hydrogens is 278 g/mol. The van der Waals surface area contributed by atoms with Gasteiger partial charge in [0, 0.05) is 10.5 Å². The lowest BCUT2D eigenvalue weighted by atomic mass is 10.1. The SMILES string of the molecule is CCC(Nc1c(C)cc(Br)cc1OC)C1CC1. The molecule has 1 aromatic carbocycles. The topological polar surface area (TPSA) is 21.3 Å². The summed E-state index contributed by atoms with van der Waals surface area (Å²) < 4.78 is 6.53. The average molecular weight is 298 g/mol. The number of aryl methyl sites for hydroxylation is 1. The van der Waals surface area contributed by atoms with Crippen molar-refractivity contribution in [2.75, 3.05) is 12.4 Å². The number of nitrogens with one attached hydrogen (secondary N) is 1. The van der Waals surface area contributed by atoms with Crippen LogP contribution in [0.25, 0.3) is 0 Å². The first-order chi connectivity index (χ1) is 8.15. The highest BCUT2D eigenvalue weighted by Gasteiger charge is 2.30. The third-order valence-electron chi connectivity index (χ3n) is 3.44. The maximum absolute atomic E-state index is 5.46. The third kappa shape index (κ3) is 2.95. The van der Waals surface area contributed by atoms with Gasteiger partial charge in [0.1, 0.15) is 5.75 Å². The van der Waals surface area contributed by atoms with Crippen LogP contribution < -0.4 is 10.1 Å². The number of benzene rings is 1. The molecule has 1 aliphatic rings. The number of ether oxygens (including phenoxy) is 1. The fourth-order valence-electron chi connectivity index (χ4n) is 2.30. The van der Waals surface area contributed by atoms with Crippen molar-refractivity contribution in [1.82, 2.24) is 0 Å². The van der Waals surface area contributed by atoms with Crippen LogP contribution in [0.2, 0.25) is 0 Å². The second kappa shape index (κ2) is 5.30. The molecular formula is C14H20BrNO. The molecule has 1 N–H and O–H groups in total. The number of methoxy groups -OCH3 is 1. The van der Waals surface area contributed by atoms with Gasteiger partial charge in [-0.15, -0.1) is 0 Å². The number of halogens is 1. The lowest BCUT2D eigenvalue weighted by Crippen LogP contribution is -2.21. The van der Waals surface area contributed by atoms with Gasteiger partial charge in [-0.1, -0.05) is 22.9 Å². The first kappa shape index (κ1) is 12.7. The first-order valence-electron chi connectivity index (χ1n) is 6.26. The van der Waals surface area contributed by atoms with Crippen LogP contribution in [0.15, 0.2) is 16.6 Å². The van der Waals surface area contributed by atoms with E-state index in [1.165, 1.54) is 24.8 Å². The molecule has 0 spiro atoms. The summed E-state index contributed by atoms with van der Waals surface area (Å²) in [6.07, 6.45) is 3.90. The fourth-order valence-corrected chi connectivity index (χ4v) is 2.85. The molecule has 17 heavy (non-hydrogen) atoms. The molecule has 1 unspecified atom stereocenters. The summed E-state index contributed by atoms with van der Waals surface area (Å²) in [4.78, 5) is 0. The first-order valence-corrected chi connectivity index (χ1v) is 7.05. The van der Waals surface area contributed by atoms with E-state index >= 15 is 0 Å². The highest BCUT2D eigenvalue weighted by molar-refractivity contribution is 9.10. The summed E-state index contributed by atoms with van der Waals surface area (Å²) in [7, 11) is 1.73. The monoisotopic (exact) mass is 297 g/mol. The molecule has 2 nitrogen and oxygen atoms in total. The Bertz CT molecular complexity index is 401. The zero-order valence-corrected chi connectivity index (χ0v) is 12.3. The Morgan fingerprint density at radius 3 is 2.71 bits per heavy atom. The molecule has 1 aliphatic carbocycles. The molecule has 2 rings (SSSR count). The van der Waals surface area contributed by atoms with Gasteiger partial charge in [0.15, 0.2) is 0 Å². The normalized spacial score (nSPS) is 16.7. The van der Waals surface area contributed by atoms with Crippen molar-refractivity contribution in [3.05, 3.63) is 22.2 Å². The molecule has 1 atom stereocenters. The van der Waals surface area contributed by atoms with Crippen LogP contribution in [0.5, 0.6) is 5.75 Å². The molecule has 0 aromatic heterocycles. The van der Waals surface area contributed by atoms with Gasteiger partial charge in [-0.2, -0.15) is 0 Å². The second-order valence-corrected chi connectivity index (χ2v) is 5.71. The van der Waals surface area contributed by atoms with Crippen molar-refractivity contribution in [2.45, 2.75) is 39.2 Å². The summed E-state index contributed by atoms with van der Waals surface area (Å²) in [6.45, 7) is 4.37. The zero-order valence-electron chi connectivity index (χ0n) is 10.7. The molecule has 0 radical (unpaired) electrons. The smallest absolute Gasteiger partial charge is 0.143 e. The minimum Gasteiger partial charge on any atom is -0.495 e. The Balaban J connectivity index is 2.23. The van der Waals surface area contributed by atoms with Gasteiger partial charge in [0.05, 0.1) is 12.8 Å². The minimum atomic E-state index is 0.587. The Morgan fingerprint density at radius 2 is 2.18 bits per heavy atom. The lowest BCUT2D eigenvalue weighted by molar-refractivity contribution is 0.415. The Labute approximate surface area is 112 Å². The van der Waals surface area contributed by atoms with E-state index in [1.807, 2.05) is 6.07 Å². The highest BCUT2D eigenvalue weighted by Crippen LogP contribution is 2.39. The molecule has 0 heterocycles. The maximum Gasteiger partial charge on any atom is 0.143 e. The number of anilines is 1. The minimum absolute atomic E-state index is 0.587. The van der Waals surface area contributed by atoms with E-state index in [4.69, 9.17) is 4.74 Å². The van der Waals surface area contributed by atoms with E-state index in [0.717, 1.165) is 21.8 Å². The maximum atomic E-state index is 5.46. The fraction of sp³-hybridized carbons (Fsp3) is 0.571. The van der Waals surface area contributed by atoms with Gasteiger partial charge in [-0.05, 0) is 49.8 Å². The van der Waals surface area contributed by atoms with E-state index in [9.17, 15) is 0 Å². The summed E-state index contributed by atoms with van der Waals surface area (Å²) in [6, 6.07) is 4.74. The van der Waals surface area contributed by atoms with Crippen LogP contribution in [-0.2, 0) is 0 Å². The number of hydrogen-bond acceptors (Lipinski definition) is 2. The molecule has 94 valence electrons. The third-order valence-corrected chi connectivity index (χ3v) is 3.90. The summed E-state index contributed by atoms with van der Waals surface area (Å²) in [5.74, 6) is 1.78. The number of rotatable bonds is 5. The van der Waals surface area contributed by atoms with E-state index in [2.05, 4.69) is 41.2 Å². The van der Waals surface area contributed by atoms with Crippen LogP contribution >= 0.6 is 15.9 Å². The lowest BCUT2D eigenvalue weighted by Gasteiger charge is -2.21. The van der Waals surface area contributed by atoms with Crippen LogP contribution in [0.1, 0.15) is 31.7 Å². The molecule has 0 aliphatic heterocycles. The van der Waals surface area contributed by atoms with Crippen LogP contribution in [0.4, 0.5) is 5.69 Å². The predicted octanol–water partition coefficient (Wildman–Crippen LogP) is 4.37. The summed E-state index contributed by atoms with van der Waals surface area (Å²) in [5.41, 5.74) is 2.38. The van der Waals surface area contributed by atoms with Crippen molar-refractivity contribution < 1.29 is 4.74 Å². The molecule has 0 saturated heterocycles. The summed E-state index contributed by atoms with van der Waals surface area (Å²) >= 11 is 3.50. The van der Waals surface area contributed by atoms with Crippen LogP contribution in [0, 0.1) is 12.8 Å². The van der Waals surface area contributed by atoms with Crippen molar-refractivity contribution >= 4 is 21.6 Å². The van der Waals surface area contributed by atoms with Gasteiger partial charge in [-0.25, -0.2) is 0 Å². The molecule has 1 saturated carbocycles. The summed E-state index contributed by atoms with van der Waals surface area (Å²) in [5, 5.41) is 3.66. The molecule has 1 aromatic rings. The van der Waals surface area contributed by atoms with Crippen molar-refractivity contribution in [1.29, 1.82) is 0 Å². The van der Waals surface area contributed by atoms with E-state index in [1.54, 1.807) is 7.11 Å². The standard InChI is InChI=1S/C14H20BrNO/c1-4-12(10-5-6-10)16-14-9(2)7-11(15)8-13(14)17-3/h7-8,10,12,16H,4-6H2,1-3H3. The Hall–Kier alpha value is -0.700. The van der Waals surface area contributed by atoms with Crippen LogP contribution in [0.3, 0.4) is 0 Å². The van der Waals surface area contributed by atoms with E-state index < -0.39 is 0 Å². The zero-order chi connectivity index (χ0) is 12.4. The molecule has 0 bridgehead atoms. The Morgan fingerprint density at radius 1 is 1.47 bits per heavy atom. The van der Waals surface area contributed by atoms with E-state index in [0.29, 0.717) is 6.04 Å². The van der Waals surface area contributed by atoms with E-state index in [-0.39, 0.29) is 0 Å². The highest BCUT2D eigenvalue weighted by atomic mass is 79.9. The van der Waals surface area contributed by atoms with Gasteiger partial charge < -0.3 is 10.1 Å². The number of hydrogen-bond donors (Lipinski definition) is 1. The van der Waals surface area contributed by atoms with Gasteiger partial charge in [-0.3, -0.25) is 0 Å². The molecule has 0 amide bonds. The molecule has 3 heteroatoms. The quantitative estimate of drug-likeness (QED) is 0.871. The molecule has 1 fully saturated rings. The van der Waals surface area contributed by atoms with Crippen molar-refractivity contribution in [3.8, 4) is 5.75 Å². The van der Waals surface area contributed by atoms with Gasteiger partial charge >= 0.3 is 0 Å². The second-order valence-electron chi connectivity index (χ2n) is 4.80. The Kier molecular flexibility index (Phi) is 3.97. The predicted molar refractivity (Wildman–Crippen MR) is 75.9 cm³/mol. The largest absolute Gasteiger partial charge is 0.495 e. The van der Waals surface area contributed by atoms with Crippen molar-refractivity contribution in [3.63, 3.8) is 0 Å². The van der Waals surface area contributed by atoms with Gasteiger partial charge in [0.2, 0.25) is 0 Å². The average Bonchev–Trinajstić information content (AvgIpc) is 3.11.